The van der Waals surface area contributed by atoms with E-state index in [0.29, 0.717) is 5.92 Å². The average molecular weight is 863 g/mol. The molecule has 0 aliphatic heterocycles. The molecule has 2 nitrogen and oxygen atoms in total. The van der Waals surface area contributed by atoms with Crippen molar-refractivity contribution in [2.45, 2.75) is 46.0 Å². The Morgan fingerprint density at radius 1 is 0.493 bits per heavy atom. The van der Waals surface area contributed by atoms with Crippen LogP contribution >= 0.6 is 0 Å². The van der Waals surface area contributed by atoms with Crippen LogP contribution in [0.1, 0.15) is 62.8 Å². The second kappa shape index (κ2) is 16.8. The Morgan fingerprint density at radius 3 is 1.67 bits per heavy atom. The normalized spacial score (nSPS) is 13.2. The Labute approximate surface area is 395 Å². The fourth-order valence-electron chi connectivity index (χ4n) is 10.5. The summed E-state index contributed by atoms with van der Waals surface area (Å²) in [6, 6.07) is 73.6. The maximum Gasteiger partial charge on any atom is 0.0542 e. The van der Waals surface area contributed by atoms with E-state index in [1.165, 1.54) is 77.5 Å². The molecule has 1 aliphatic rings. The topological polar surface area (TPSA) is 9.86 Å². The van der Waals surface area contributed by atoms with Crippen molar-refractivity contribution in [1.82, 2.24) is 9.13 Å². The lowest BCUT2D eigenvalue weighted by atomic mass is 9.82. The minimum Gasteiger partial charge on any atom is -0.310 e. The minimum absolute atomic E-state index is 0.129. The minimum atomic E-state index is -0.129. The standard InChI is InChI=1S/C65H54N2/c1-7-53(35-26-44(4)56-23-15-14-22-55(56)43(2)3)66-61(49-31-27-47(28-32-49)45-18-10-8-11-19-45)38-51-41-64-52(40-63(51)66)39-62(50-33-29-48(30-34-50)46-20-12-9-13-21-46)67(64)54-36-37-58-57-24-16-17-25-59(57)65(5,6)60(58)42-54/h7-43H,4H2,1-3,5-6H3/b35-26-,53-7+. The van der Waals surface area contributed by atoms with Gasteiger partial charge in [-0.15, -0.1) is 0 Å². The second-order valence-electron chi connectivity index (χ2n) is 18.8. The smallest absolute Gasteiger partial charge is 0.0542 e. The summed E-state index contributed by atoms with van der Waals surface area (Å²) in [5.41, 5.74) is 22.7. The molecular formula is C65H54N2. The number of allylic oxidation sites excluding steroid dienone is 5. The number of hydrogen-bond donors (Lipinski definition) is 0. The summed E-state index contributed by atoms with van der Waals surface area (Å²) in [7, 11) is 0. The molecule has 2 heteroatoms. The van der Waals surface area contributed by atoms with E-state index in [1.54, 1.807) is 0 Å². The molecule has 10 aromatic rings. The van der Waals surface area contributed by atoms with Gasteiger partial charge in [-0.3, -0.25) is 0 Å². The largest absolute Gasteiger partial charge is 0.310 e. The lowest BCUT2D eigenvalue weighted by Crippen LogP contribution is -2.15. The van der Waals surface area contributed by atoms with E-state index in [2.05, 4.69) is 269 Å². The van der Waals surface area contributed by atoms with Crippen LogP contribution < -0.4 is 0 Å². The molecule has 0 fully saturated rings. The molecule has 0 saturated heterocycles. The molecule has 2 heterocycles. The van der Waals surface area contributed by atoms with Crippen molar-refractivity contribution in [2.75, 3.05) is 0 Å². The van der Waals surface area contributed by atoms with Gasteiger partial charge in [0.2, 0.25) is 0 Å². The molecule has 0 spiro atoms. The van der Waals surface area contributed by atoms with Crippen molar-refractivity contribution in [3.8, 4) is 61.6 Å². The zero-order valence-corrected chi connectivity index (χ0v) is 39.0. The van der Waals surface area contributed by atoms with Crippen LogP contribution in [0.15, 0.2) is 225 Å². The zero-order valence-electron chi connectivity index (χ0n) is 39.0. The second-order valence-corrected chi connectivity index (χ2v) is 18.8. The van der Waals surface area contributed by atoms with Crippen molar-refractivity contribution in [2.24, 2.45) is 0 Å². The van der Waals surface area contributed by atoms with E-state index in [9.17, 15) is 0 Å². The molecule has 11 rings (SSSR count). The summed E-state index contributed by atoms with van der Waals surface area (Å²) in [4.78, 5) is 0. The maximum atomic E-state index is 4.59. The third kappa shape index (κ3) is 7.30. The molecule has 324 valence electrons. The highest BCUT2D eigenvalue weighted by molar-refractivity contribution is 6.03. The SMILES string of the molecule is C=C(/C=C\C(=C/C)n1c(-c2ccc(-c3ccccc3)cc2)cc2cc3c(cc(-c4ccc(-c5ccccc5)cc4)n3-c3ccc4c(c3)C(C)(C)c3ccccc3-4)cc21)c1ccccc1C(C)C. The molecule has 0 atom stereocenters. The van der Waals surface area contributed by atoms with Gasteiger partial charge in [0.1, 0.15) is 0 Å². The van der Waals surface area contributed by atoms with Crippen LogP contribution in [-0.4, -0.2) is 9.13 Å². The van der Waals surface area contributed by atoms with Crippen LogP contribution in [0.4, 0.5) is 0 Å². The predicted molar refractivity (Wildman–Crippen MR) is 287 cm³/mol. The van der Waals surface area contributed by atoms with Crippen molar-refractivity contribution >= 4 is 33.1 Å². The first-order valence-electron chi connectivity index (χ1n) is 23.6. The van der Waals surface area contributed by atoms with Crippen molar-refractivity contribution in [3.63, 3.8) is 0 Å². The molecule has 0 bridgehead atoms. The predicted octanol–water partition coefficient (Wildman–Crippen LogP) is 17.8. The molecular weight excluding hydrogens is 809 g/mol. The molecule has 0 N–H and O–H groups in total. The number of hydrogen-bond acceptors (Lipinski definition) is 0. The molecule has 8 aromatic carbocycles. The summed E-state index contributed by atoms with van der Waals surface area (Å²) < 4.78 is 4.93. The van der Waals surface area contributed by atoms with Gasteiger partial charge in [-0.2, -0.15) is 0 Å². The molecule has 1 aliphatic carbocycles. The summed E-state index contributed by atoms with van der Waals surface area (Å²) in [6.07, 6.45) is 6.64. The highest BCUT2D eigenvalue weighted by atomic mass is 15.0. The molecule has 2 aromatic heterocycles. The van der Waals surface area contributed by atoms with Crippen LogP contribution in [0, 0.1) is 0 Å². The van der Waals surface area contributed by atoms with Crippen LogP contribution in [-0.2, 0) is 5.41 Å². The first kappa shape index (κ1) is 41.7. The van der Waals surface area contributed by atoms with E-state index in [4.69, 9.17) is 0 Å². The third-order valence-electron chi connectivity index (χ3n) is 14.1. The summed E-state index contributed by atoms with van der Waals surface area (Å²) in [5, 5.41) is 2.35. The van der Waals surface area contributed by atoms with E-state index < -0.39 is 0 Å². The van der Waals surface area contributed by atoms with Crippen molar-refractivity contribution in [3.05, 3.63) is 247 Å². The first-order chi connectivity index (χ1) is 32.7. The van der Waals surface area contributed by atoms with Gasteiger partial charge in [-0.05, 0) is 128 Å². The monoisotopic (exact) mass is 862 g/mol. The Morgan fingerprint density at radius 2 is 1.01 bits per heavy atom. The number of fused-ring (bicyclic) bond motifs is 5. The van der Waals surface area contributed by atoms with Gasteiger partial charge in [-0.1, -0.05) is 210 Å². The Balaban J connectivity index is 1.11. The lowest BCUT2D eigenvalue weighted by molar-refractivity contribution is 0.660. The fourth-order valence-corrected chi connectivity index (χ4v) is 10.5. The highest BCUT2D eigenvalue weighted by Crippen LogP contribution is 2.50. The number of nitrogens with zero attached hydrogens (tertiary/aromatic N) is 2. The molecule has 0 saturated carbocycles. The van der Waals surface area contributed by atoms with E-state index >= 15 is 0 Å². The van der Waals surface area contributed by atoms with Crippen LogP contribution in [0.25, 0.3) is 94.7 Å². The fraction of sp³-hybridized carbons (Fsp3) is 0.108. The van der Waals surface area contributed by atoms with E-state index in [0.717, 1.165) is 39.4 Å². The Kier molecular flexibility index (Phi) is 10.5. The Hall–Kier alpha value is -7.94. The molecule has 0 amide bonds. The number of rotatable bonds is 10. The average Bonchev–Trinajstić information content (AvgIpc) is 4.01. The zero-order chi connectivity index (χ0) is 45.8. The maximum absolute atomic E-state index is 4.59. The van der Waals surface area contributed by atoms with Crippen molar-refractivity contribution < 1.29 is 0 Å². The van der Waals surface area contributed by atoms with Gasteiger partial charge < -0.3 is 9.13 Å². The van der Waals surface area contributed by atoms with E-state index in [-0.39, 0.29) is 5.41 Å². The van der Waals surface area contributed by atoms with Crippen molar-refractivity contribution in [1.29, 1.82) is 0 Å². The number of aromatic nitrogens is 2. The van der Waals surface area contributed by atoms with Gasteiger partial charge in [-0.25, -0.2) is 0 Å². The van der Waals surface area contributed by atoms with Gasteiger partial charge in [0, 0.05) is 27.6 Å². The van der Waals surface area contributed by atoms with Gasteiger partial charge in [0.25, 0.3) is 0 Å². The van der Waals surface area contributed by atoms with Gasteiger partial charge in [0.15, 0.2) is 0 Å². The summed E-state index contributed by atoms with van der Waals surface area (Å²) in [6.45, 7) is 16.0. The Bertz CT molecular complexity index is 3550. The van der Waals surface area contributed by atoms with E-state index in [1.807, 2.05) is 0 Å². The summed E-state index contributed by atoms with van der Waals surface area (Å²) >= 11 is 0. The lowest BCUT2D eigenvalue weighted by Gasteiger charge is -2.22. The highest BCUT2D eigenvalue weighted by Gasteiger charge is 2.35. The third-order valence-corrected chi connectivity index (χ3v) is 14.1. The van der Waals surface area contributed by atoms with Crippen LogP contribution in [0.5, 0.6) is 0 Å². The summed E-state index contributed by atoms with van der Waals surface area (Å²) in [5.74, 6) is 0.391. The number of benzene rings is 8. The van der Waals surface area contributed by atoms with Gasteiger partial charge >= 0.3 is 0 Å². The van der Waals surface area contributed by atoms with Gasteiger partial charge in [0.05, 0.1) is 22.4 Å². The molecule has 0 radical (unpaired) electrons. The van der Waals surface area contributed by atoms with Crippen LogP contribution in [0.3, 0.4) is 0 Å². The first-order valence-corrected chi connectivity index (χ1v) is 23.6. The molecule has 67 heavy (non-hydrogen) atoms. The van der Waals surface area contributed by atoms with Crippen LogP contribution in [0.2, 0.25) is 0 Å². The quantitative estimate of drug-likeness (QED) is 0.121. The molecule has 0 unspecified atom stereocenters.